The lowest BCUT2D eigenvalue weighted by Gasteiger charge is -2.16. The van der Waals surface area contributed by atoms with Crippen molar-refractivity contribution >= 4 is 23.2 Å². The zero-order chi connectivity index (χ0) is 14.8. The molecule has 1 aliphatic heterocycles. The van der Waals surface area contributed by atoms with E-state index in [1.54, 1.807) is 0 Å². The zero-order valence-electron chi connectivity index (χ0n) is 11.1. The van der Waals surface area contributed by atoms with Gasteiger partial charge >= 0.3 is 0 Å². The smallest absolute Gasteiger partial charge is 0.256 e. The fourth-order valence-electron chi connectivity index (χ4n) is 2.34. The first-order valence-electron chi connectivity index (χ1n) is 6.59. The predicted octanol–water partition coefficient (Wildman–Crippen LogP) is 2.57. The molecule has 1 saturated heterocycles. The Morgan fingerprint density at radius 3 is 2.33 bits per heavy atom. The van der Waals surface area contributed by atoms with E-state index >= 15 is 0 Å². The number of carbonyl (C=O) groups is 2. The van der Waals surface area contributed by atoms with Crippen LogP contribution in [0.1, 0.15) is 6.42 Å². The average Bonchev–Trinajstić information content (AvgIpc) is 2.76. The van der Waals surface area contributed by atoms with Gasteiger partial charge < -0.3 is 5.32 Å². The summed E-state index contributed by atoms with van der Waals surface area (Å²) in [7, 11) is 0. The number of amides is 2. The van der Waals surface area contributed by atoms with E-state index in [9.17, 15) is 14.0 Å². The third-order valence-electron chi connectivity index (χ3n) is 3.35. The largest absolute Gasteiger partial charge is 0.373 e. The molecule has 1 heterocycles. The lowest BCUT2D eigenvalue weighted by molar-refractivity contribution is -0.121. The van der Waals surface area contributed by atoms with Crippen LogP contribution in [-0.4, -0.2) is 17.9 Å². The van der Waals surface area contributed by atoms with E-state index in [0.717, 1.165) is 10.6 Å². The molecule has 0 aliphatic carbocycles. The number of hydrogen-bond donors (Lipinski definition) is 1. The summed E-state index contributed by atoms with van der Waals surface area (Å²) in [6.45, 7) is 0. The topological polar surface area (TPSA) is 49.4 Å². The number of nitrogens with one attached hydrogen (secondary N) is 1. The summed E-state index contributed by atoms with van der Waals surface area (Å²) in [6, 6.07) is 14.0. The number of rotatable bonds is 3. The second-order valence-corrected chi connectivity index (χ2v) is 4.81. The van der Waals surface area contributed by atoms with Crippen LogP contribution in [0.2, 0.25) is 0 Å². The first kappa shape index (κ1) is 13.3. The van der Waals surface area contributed by atoms with Gasteiger partial charge in [-0.3, -0.25) is 9.59 Å². The Hall–Kier alpha value is -2.69. The van der Waals surface area contributed by atoms with Crippen LogP contribution in [0.4, 0.5) is 15.8 Å². The van der Waals surface area contributed by atoms with E-state index in [1.807, 2.05) is 30.3 Å². The zero-order valence-corrected chi connectivity index (χ0v) is 11.1. The van der Waals surface area contributed by atoms with Crippen molar-refractivity contribution in [1.82, 2.24) is 0 Å². The predicted molar refractivity (Wildman–Crippen MR) is 77.4 cm³/mol. The minimum absolute atomic E-state index is 0.0884. The van der Waals surface area contributed by atoms with E-state index in [4.69, 9.17) is 0 Å². The van der Waals surface area contributed by atoms with Gasteiger partial charge in [0.15, 0.2) is 0 Å². The van der Waals surface area contributed by atoms with E-state index in [1.165, 1.54) is 24.3 Å². The van der Waals surface area contributed by atoms with Crippen molar-refractivity contribution in [2.24, 2.45) is 0 Å². The second-order valence-electron chi connectivity index (χ2n) is 4.81. The molecule has 0 radical (unpaired) electrons. The van der Waals surface area contributed by atoms with E-state index in [-0.39, 0.29) is 18.2 Å². The van der Waals surface area contributed by atoms with Crippen molar-refractivity contribution in [3.63, 3.8) is 0 Å². The fourth-order valence-corrected chi connectivity index (χ4v) is 2.34. The lowest BCUT2D eigenvalue weighted by Crippen LogP contribution is -2.34. The summed E-state index contributed by atoms with van der Waals surface area (Å²) in [5.74, 6) is -1.02. The number of nitrogens with zero attached hydrogens (tertiary/aromatic N) is 1. The van der Waals surface area contributed by atoms with Crippen LogP contribution in [0.25, 0.3) is 0 Å². The highest BCUT2D eigenvalue weighted by Gasteiger charge is 2.39. The molecule has 0 aromatic heterocycles. The summed E-state index contributed by atoms with van der Waals surface area (Å²) >= 11 is 0. The fraction of sp³-hybridized carbons (Fsp3) is 0.125. The van der Waals surface area contributed by atoms with Gasteiger partial charge in [0.1, 0.15) is 11.9 Å². The van der Waals surface area contributed by atoms with Gasteiger partial charge in [0.05, 0.1) is 12.1 Å². The molecule has 106 valence electrons. The lowest BCUT2D eigenvalue weighted by atomic mass is 10.2. The molecule has 2 aromatic rings. The van der Waals surface area contributed by atoms with Gasteiger partial charge in [0.25, 0.3) is 5.91 Å². The Morgan fingerprint density at radius 2 is 1.67 bits per heavy atom. The molecule has 1 N–H and O–H groups in total. The van der Waals surface area contributed by atoms with Crippen molar-refractivity contribution in [1.29, 1.82) is 0 Å². The number of hydrogen-bond acceptors (Lipinski definition) is 3. The third-order valence-corrected chi connectivity index (χ3v) is 3.35. The van der Waals surface area contributed by atoms with Crippen molar-refractivity contribution in [2.45, 2.75) is 12.5 Å². The molecule has 4 nitrogen and oxygen atoms in total. The molecule has 0 unspecified atom stereocenters. The van der Waals surface area contributed by atoms with Gasteiger partial charge in [0.2, 0.25) is 5.91 Å². The van der Waals surface area contributed by atoms with Crippen molar-refractivity contribution in [3.05, 3.63) is 60.4 Å². The number of anilines is 2. The average molecular weight is 284 g/mol. The molecule has 3 rings (SSSR count). The molecule has 0 spiro atoms. The van der Waals surface area contributed by atoms with Crippen LogP contribution < -0.4 is 10.2 Å². The number of carbonyl (C=O) groups excluding carboxylic acids is 2. The first-order valence-corrected chi connectivity index (χ1v) is 6.59. The molecule has 1 atom stereocenters. The van der Waals surface area contributed by atoms with Crippen molar-refractivity contribution in [3.8, 4) is 0 Å². The Bertz CT molecular complexity index is 670. The van der Waals surface area contributed by atoms with Crippen LogP contribution in [0, 0.1) is 5.82 Å². The molecular formula is C16H13FN2O2. The highest BCUT2D eigenvalue weighted by atomic mass is 19.1. The summed E-state index contributed by atoms with van der Waals surface area (Å²) in [6.07, 6.45) is 0.0884. The normalized spacial score (nSPS) is 18.1. The number of benzene rings is 2. The minimum Gasteiger partial charge on any atom is -0.373 e. The van der Waals surface area contributed by atoms with Crippen LogP contribution in [0.15, 0.2) is 54.6 Å². The number of imide groups is 1. The SMILES string of the molecule is O=C1C[C@H](Nc2ccccc2)C(=O)N1c1ccc(F)cc1. The maximum Gasteiger partial charge on any atom is 0.256 e. The molecule has 0 bridgehead atoms. The van der Waals surface area contributed by atoms with E-state index in [2.05, 4.69) is 5.32 Å². The Kier molecular flexibility index (Phi) is 3.39. The van der Waals surface area contributed by atoms with Crippen LogP contribution in [0.5, 0.6) is 0 Å². The monoisotopic (exact) mass is 284 g/mol. The first-order chi connectivity index (χ1) is 10.1. The molecular weight excluding hydrogens is 271 g/mol. The van der Waals surface area contributed by atoms with Crippen molar-refractivity contribution in [2.75, 3.05) is 10.2 Å². The van der Waals surface area contributed by atoms with E-state index < -0.39 is 11.9 Å². The molecule has 2 aromatic carbocycles. The molecule has 0 saturated carbocycles. The highest BCUT2D eigenvalue weighted by Crippen LogP contribution is 2.25. The van der Waals surface area contributed by atoms with Gasteiger partial charge in [-0.15, -0.1) is 0 Å². The Balaban J connectivity index is 1.80. The summed E-state index contributed by atoms with van der Waals surface area (Å²) in [5.41, 5.74) is 1.17. The molecule has 1 aliphatic rings. The number of halogens is 1. The Morgan fingerprint density at radius 1 is 1.00 bits per heavy atom. The maximum absolute atomic E-state index is 12.9. The van der Waals surface area contributed by atoms with Crippen LogP contribution in [0.3, 0.4) is 0 Å². The van der Waals surface area contributed by atoms with Crippen LogP contribution in [-0.2, 0) is 9.59 Å². The van der Waals surface area contributed by atoms with Crippen LogP contribution >= 0.6 is 0 Å². The second kappa shape index (κ2) is 5.36. The van der Waals surface area contributed by atoms with Gasteiger partial charge in [0, 0.05) is 5.69 Å². The molecule has 2 amide bonds. The van der Waals surface area contributed by atoms with Gasteiger partial charge in [-0.25, -0.2) is 9.29 Å². The summed E-state index contributed by atoms with van der Waals surface area (Å²) < 4.78 is 12.9. The third kappa shape index (κ3) is 2.63. The minimum atomic E-state index is -0.593. The van der Waals surface area contributed by atoms with Crippen molar-refractivity contribution < 1.29 is 14.0 Å². The van der Waals surface area contributed by atoms with E-state index in [0.29, 0.717) is 5.69 Å². The molecule has 1 fully saturated rings. The summed E-state index contributed by atoms with van der Waals surface area (Å²) in [5, 5.41) is 3.05. The highest BCUT2D eigenvalue weighted by molar-refractivity contribution is 6.23. The van der Waals surface area contributed by atoms with Gasteiger partial charge in [-0.2, -0.15) is 0 Å². The van der Waals surface area contributed by atoms with Gasteiger partial charge in [-0.1, -0.05) is 18.2 Å². The summed E-state index contributed by atoms with van der Waals surface area (Å²) in [4.78, 5) is 25.5. The molecule has 5 heteroatoms. The number of para-hydroxylation sites is 1. The Labute approximate surface area is 121 Å². The van der Waals surface area contributed by atoms with Gasteiger partial charge in [-0.05, 0) is 36.4 Å². The maximum atomic E-state index is 12.9. The standard InChI is InChI=1S/C16H13FN2O2/c17-11-6-8-13(9-7-11)19-15(20)10-14(16(19)21)18-12-4-2-1-3-5-12/h1-9,14,18H,10H2/t14-/m0/s1. The molecule has 21 heavy (non-hydrogen) atoms. The quantitative estimate of drug-likeness (QED) is 0.881.